The van der Waals surface area contributed by atoms with Gasteiger partial charge in [0, 0.05) is 14.5 Å². The summed E-state index contributed by atoms with van der Waals surface area (Å²) in [6.07, 6.45) is 7.86. The van der Waals surface area contributed by atoms with Crippen LogP contribution >= 0.6 is 0 Å². The minimum atomic E-state index is -0.954. The molecule has 0 saturated carbocycles. The van der Waals surface area contributed by atoms with Crippen LogP contribution < -0.4 is 0 Å². The van der Waals surface area contributed by atoms with E-state index < -0.39 is 8.07 Å². The molecule has 1 atom stereocenters. The number of carbonyl (C=O) groups excluding carboxylic acids is 1. The molecule has 0 spiro atoms. The van der Waals surface area contributed by atoms with E-state index in [1.807, 2.05) is 0 Å². The second kappa shape index (κ2) is 4.92. The van der Waals surface area contributed by atoms with Gasteiger partial charge in [-0.3, -0.25) is 0 Å². The van der Waals surface area contributed by atoms with Crippen LogP contribution in [0, 0.1) is 5.92 Å². The maximum atomic E-state index is 10.5. The third-order valence-corrected chi connectivity index (χ3v) is 4.26. The van der Waals surface area contributed by atoms with Gasteiger partial charge in [-0.15, -0.1) is 0 Å². The maximum absolute atomic E-state index is 10.5. The van der Waals surface area contributed by atoms with Crippen molar-refractivity contribution in [3.63, 3.8) is 0 Å². The van der Waals surface area contributed by atoms with Crippen molar-refractivity contribution in [2.45, 2.75) is 51.4 Å². The van der Waals surface area contributed by atoms with Crippen molar-refractivity contribution in [1.82, 2.24) is 0 Å². The molecule has 0 N–H and O–H groups in total. The first-order chi connectivity index (χ1) is 6.51. The van der Waals surface area contributed by atoms with Gasteiger partial charge in [0.05, 0.1) is 0 Å². The highest BCUT2D eigenvalue weighted by Gasteiger charge is 2.20. The summed E-state index contributed by atoms with van der Waals surface area (Å²) in [5.74, 6) is 0.642. The van der Waals surface area contributed by atoms with Crippen LogP contribution in [0.5, 0.6) is 0 Å². The summed E-state index contributed by atoms with van der Waals surface area (Å²) in [7, 11) is -0.954. The van der Waals surface area contributed by atoms with Gasteiger partial charge in [0.25, 0.3) is 0 Å². The van der Waals surface area contributed by atoms with E-state index in [0.717, 1.165) is 12.7 Å². The predicted octanol–water partition coefficient (Wildman–Crippen LogP) is 3.64. The van der Waals surface area contributed by atoms with Gasteiger partial charge in [0.2, 0.25) is 0 Å². The molecule has 80 valence electrons. The van der Waals surface area contributed by atoms with Crippen LogP contribution in [0.15, 0.2) is 11.6 Å². The van der Waals surface area contributed by atoms with Crippen molar-refractivity contribution in [3.05, 3.63) is 11.6 Å². The molecule has 14 heavy (non-hydrogen) atoms. The van der Waals surface area contributed by atoms with Crippen LogP contribution in [0.4, 0.5) is 0 Å². The number of hydrogen-bond donors (Lipinski definition) is 0. The van der Waals surface area contributed by atoms with Gasteiger partial charge in [-0.1, -0.05) is 31.3 Å². The fourth-order valence-corrected chi connectivity index (χ4v) is 3.89. The Balaban J connectivity index is 2.47. The second-order valence-electron chi connectivity index (χ2n) is 5.65. The van der Waals surface area contributed by atoms with Crippen LogP contribution in [0.2, 0.25) is 25.7 Å². The molecule has 2 heteroatoms. The molecule has 0 amide bonds. The van der Waals surface area contributed by atoms with Crippen molar-refractivity contribution in [1.29, 1.82) is 0 Å². The Labute approximate surface area is 88.6 Å². The molecule has 0 bridgehead atoms. The lowest BCUT2D eigenvalue weighted by atomic mass is 9.88. The van der Waals surface area contributed by atoms with E-state index in [-0.39, 0.29) is 0 Å². The average molecular weight is 210 g/mol. The Morgan fingerprint density at radius 1 is 1.50 bits per heavy atom. The minimum absolute atomic E-state index is 0.642. The number of carbonyl (C=O) groups is 1. The highest BCUT2D eigenvalue weighted by atomic mass is 28.3. The van der Waals surface area contributed by atoms with Gasteiger partial charge in [-0.05, 0) is 31.2 Å². The van der Waals surface area contributed by atoms with E-state index in [2.05, 4.69) is 25.7 Å². The molecule has 0 fully saturated rings. The van der Waals surface area contributed by atoms with E-state index in [0.29, 0.717) is 5.92 Å². The first kappa shape index (κ1) is 11.7. The van der Waals surface area contributed by atoms with Crippen LogP contribution in [0.25, 0.3) is 0 Å². The Morgan fingerprint density at radius 3 is 2.79 bits per heavy atom. The molecule has 0 aromatic heterocycles. The molecule has 1 rings (SSSR count). The van der Waals surface area contributed by atoms with E-state index in [1.165, 1.54) is 25.3 Å². The molecule has 0 aromatic carbocycles. The second-order valence-corrected chi connectivity index (χ2v) is 11.1. The quantitative estimate of drug-likeness (QED) is 0.393. The Morgan fingerprint density at radius 2 is 2.21 bits per heavy atom. The molecule has 1 nitrogen and oxygen atoms in total. The topological polar surface area (TPSA) is 17.1 Å². The molecular weight excluding hydrogens is 188 g/mol. The van der Waals surface area contributed by atoms with Gasteiger partial charge >= 0.3 is 0 Å². The smallest absolute Gasteiger partial charge is 0.120 e. The van der Waals surface area contributed by atoms with Crippen LogP contribution in [0.3, 0.4) is 0 Å². The fourth-order valence-electron chi connectivity index (χ4n) is 2.24. The Kier molecular flexibility index (Phi) is 4.11. The average Bonchev–Trinajstić information content (AvgIpc) is 2.02. The molecule has 1 aliphatic rings. The molecule has 0 saturated heterocycles. The Bertz CT molecular complexity index is 225. The van der Waals surface area contributed by atoms with Crippen LogP contribution in [-0.4, -0.2) is 14.4 Å². The summed E-state index contributed by atoms with van der Waals surface area (Å²) in [5, 5.41) is 0. The molecule has 1 unspecified atom stereocenters. The Hall–Kier alpha value is -0.373. The highest BCUT2D eigenvalue weighted by Crippen LogP contribution is 2.30. The molecule has 1 aliphatic carbocycles. The normalized spacial score (nSPS) is 23.1. The zero-order valence-corrected chi connectivity index (χ0v) is 10.7. The lowest BCUT2D eigenvalue weighted by Gasteiger charge is -2.25. The zero-order valence-electron chi connectivity index (χ0n) is 9.68. The van der Waals surface area contributed by atoms with Gasteiger partial charge in [0.15, 0.2) is 0 Å². The zero-order chi connectivity index (χ0) is 10.6. The van der Waals surface area contributed by atoms with Crippen LogP contribution in [-0.2, 0) is 4.79 Å². The number of rotatable bonds is 4. The summed E-state index contributed by atoms with van der Waals surface area (Å²) >= 11 is 0. The lowest BCUT2D eigenvalue weighted by molar-refractivity contribution is -0.108. The summed E-state index contributed by atoms with van der Waals surface area (Å²) < 4.78 is 0. The van der Waals surface area contributed by atoms with Crippen LogP contribution in [0.1, 0.15) is 25.7 Å². The molecule has 0 radical (unpaired) electrons. The summed E-state index contributed by atoms with van der Waals surface area (Å²) in [4.78, 5) is 10.5. The number of allylic oxidation sites excluding steroid dienone is 2. The van der Waals surface area contributed by atoms with Crippen molar-refractivity contribution in [2.24, 2.45) is 5.92 Å². The standard InChI is InChI=1S/C12H22OSi/c1-14(2,3)10-12-6-4-5-11(9-12)7-8-13/h6,8,11H,4-5,7,9-10H2,1-3H3. The summed E-state index contributed by atoms with van der Waals surface area (Å²) in [5.41, 5.74) is 1.63. The third-order valence-electron chi connectivity index (χ3n) is 2.75. The lowest BCUT2D eigenvalue weighted by Crippen LogP contribution is -2.21. The molecular formula is C12H22OSi. The third kappa shape index (κ3) is 4.23. The van der Waals surface area contributed by atoms with Gasteiger partial charge in [-0.2, -0.15) is 0 Å². The van der Waals surface area contributed by atoms with Crippen molar-refractivity contribution < 1.29 is 4.79 Å². The molecule has 0 aliphatic heterocycles. The van der Waals surface area contributed by atoms with E-state index in [1.54, 1.807) is 5.57 Å². The van der Waals surface area contributed by atoms with Crippen molar-refractivity contribution >= 4 is 14.4 Å². The highest BCUT2D eigenvalue weighted by molar-refractivity contribution is 6.76. The van der Waals surface area contributed by atoms with E-state index in [4.69, 9.17) is 0 Å². The maximum Gasteiger partial charge on any atom is 0.120 e. The van der Waals surface area contributed by atoms with Gasteiger partial charge < -0.3 is 4.79 Å². The minimum Gasteiger partial charge on any atom is -0.303 e. The summed E-state index contributed by atoms with van der Waals surface area (Å²) in [6.45, 7) is 7.24. The number of hydrogen-bond acceptors (Lipinski definition) is 1. The number of aldehydes is 1. The molecule has 0 heterocycles. The fraction of sp³-hybridized carbons (Fsp3) is 0.750. The van der Waals surface area contributed by atoms with Crippen molar-refractivity contribution in [3.8, 4) is 0 Å². The SMILES string of the molecule is C[Si](C)(C)CC1=CCCC(CC=O)C1. The van der Waals surface area contributed by atoms with Crippen molar-refractivity contribution in [2.75, 3.05) is 0 Å². The van der Waals surface area contributed by atoms with Gasteiger partial charge in [-0.25, -0.2) is 0 Å². The largest absolute Gasteiger partial charge is 0.303 e. The molecule has 0 aromatic rings. The summed E-state index contributed by atoms with van der Waals surface area (Å²) in [6, 6.07) is 1.32. The predicted molar refractivity (Wildman–Crippen MR) is 64.3 cm³/mol. The first-order valence-corrected chi connectivity index (χ1v) is 9.33. The van der Waals surface area contributed by atoms with Gasteiger partial charge in [0.1, 0.15) is 6.29 Å². The monoisotopic (exact) mass is 210 g/mol. The first-order valence-electron chi connectivity index (χ1n) is 5.63. The van der Waals surface area contributed by atoms with E-state index >= 15 is 0 Å². The van der Waals surface area contributed by atoms with E-state index in [9.17, 15) is 4.79 Å².